The zero-order chi connectivity index (χ0) is 25.2. The summed E-state index contributed by atoms with van der Waals surface area (Å²) in [5.41, 5.74) is 1.68. The van der Waals surface area contributed by atoms with Crippen LogP contribution < -0.4 is 19.5 Å². The van der Waals surface area contributed by atoms with E-state index in [-0.39, 0.29) is 36.6 Å². The van der Waals surface area contributed by atoms with Crippen LogP contribution in [0.1, 0.15) is 31.4 Å². The van der Waals surface area contributed by atoms with Crippen molar-refractivity contribution < 1.29 is 28.6 Å². The number of nitrogens with zero attached hydrogens (tertiary/aromatic N) is 1. The highest BCUT2D eigenvalue weighted by Crippen LogP contribution is 2.34. The number of benzene rings is 2. The van der Waals surface area contributed by atoms with E-state index in [1.165, 1.54) is 0 Å². The minimum atomic E-state index is -0.382. The Hall–Kier alpha value is -3.46. The zero-order valence-corrected chi connectivity index (χ0v) is 21.0. The number of hydrogen-bond donors (Lipinski definition) is 1. The van der Waals surface area contributed by atoms with Crippen LogP contribution in [0.4, 0.5) is 4.79 Å². The summed E-state index contributed by atoms with van der Waals surface area (Å²) in [5.74, 6) is 1.40. The van der Waals surface area contributed by atoms with E-state index in [2.05, 4.69) is 5.32 Å². The molecule has 1 aliphatic heterocycles. The average molecular weight is 499 g/mol. The SMILES string of the molecule is CCOc1ccccc1CCC(=O)NCCN1C(=O)S/C(=C\c2ccc(OCC)c(OC)c2)C1=O. The third-order valence-corrected chi connectivity index (χ3v) is 6.12. The number of imide groups is 1. The molecule has 3 rings (SSSR count). The van der Waals surface area contributed by atoms with Gasteiger partial charge >= 0.3 is 0 Å². The number of nitrogens with one attached hydrogen (secondary N) is 1. The molecule has 0 aliphatic carbocycles. The maximum atomic E-state index is 12.8. The summed E-state index contributed by atoms with van der Waals surface area (Å²) in [5, 5.41) is 2.42. The van der Waals surface area contributed by atoms with Crippen LogP contribution in [0.15, 0.2) is 47.4 Å². The van der Waals surface area contributed by atoms with Crippen molar-refractivity contribution in [3.8, 4) is 17.2 Å². The molecule has 1 fully saturated rings. The van der Waals surface area contributed by atoms with Crippen molar-refractivity contribution >= 4 is 34.9 Å². The quantitative estimate of drug-likeness (QED) is 0.437. The van der Waals surface area contributed by atoms with E-state index < -0.39 is 0 Å². The molecule has 8 nitrogen and oxygen atoms in total. The summed E-state index contributed by atoms with van der Waals surface area (Å²) in [6.45, 7) is 5.16. The smallest absolute Gasteiger partial charge is 0.293 e. The Balaban J connectivity index is 1.52. The molecule has 0 atom stereocenters. The lowest BCUT2D eigenvalue weighted by Crippen LogP contribution is -2.37. The lowest BCUT2D eigenvalue weighted by atomic mass is 10.1. The molecular weight excluding hydrogens is 468 g/mol. The van der Waals surface area contributed by atoms with Gasteiger partial charge in [0.05, 0.1) is 25.2 Å². The molecule has 1 heterocycles. The molecule has 0 unspecified atom stereocenters. The van der Waals surface area contributed by atoms with Crippen LogP contribution in [0.3, 0.4) is 0 Å². The molecule has 186 valence electrons. The van der Waals surface area contributed by atoms with Crippen molar-refractivity contribution in [2.24, 2.45) is 0 Å². The summed E-state index contributed by atoms with van der Waals surface area (Å²) in [7, 11) is 1.54. The van der Waals surface area contributed by atoms with Crippen LogP contribution in [0, 0.1) is 0 Å². The number of rotatable bonds is 12. The zero-order valence-electron chi connectivity index (χ0n) is 20.2. The highest BCUT2D eigenvalue weighted by Gasteiger charge is 2.34. The summed E-state index contributed by atoms with van der Waals surface area (Å²) < 4.78 is 16.4. The van der Waals surface area contributed by atoms with Crippen LogP contribution in [0.25, 0.3) is 6.08 Å². The van der Waals surface area contributed by atoms with Crippen molar-refractivity contribution in [2.45, 2.75) is 26.7 Å². The number of amides is 3. The van der Waals surface area contributed by atoms with Crippen molar-refractivity contribution in [2.75, 3.05) is 33.4 Å². The fourth-order valence-electron chi connectivity index (χ4n) is 3.54. The van der Waals surface area contributed by atoms with E-state index in [0.29, 0.717) is 36.0 Å². The Morgan fingerprint density at radius 1 is 1.03 bits per heavy atom. The third-order valence-electron chi connectivity index (χ3n) is 5.21. The van der Waals surface area contributed by atoms with Crippen LogP contribution >= 0.6 is 11.8 Å². The number of carbonyl (C=O) groups is 3. The first-order chi connectivity index (χ1) is 17.0. The molecule has 1 saturated heterocycles. The monoisotopic (exact) mass is 498 g/mol. The molecule has 1 N–H and O–H groups in total. The minimum absolute atomic E-state index is 0.107. The average Bonchev–Trinajstić information content (AvgIpc) is 3.12. The fraction of sp³-hybridized carbons (Fsp3) is 0.346. The van der Waals surface area contributed by atoms with Crippen molar-refractivity contribution in [1.29, 1.82) is 0 Å². The normalized spacial score (nSPS) is 14.4. The van der Waals surface area contributed by atoms with Crippen LogP contribution in [-0.2, 0) is 16.0 Å². The molecule has 2 aromatic carbocycles. The van der Waals surface area contributed by atoms with Crippen molar-refractivity contribution in [3.05, 3.63) is 58.5 Å². The standard InChI is InChI=1S/C26H30N2O6S/c1-4-33-20-9-7-6-8-19(20)11-13-24(29)27-14-15-28-25(30)23(35-26(28)31)17-18-10-12-21(34-5-2)22(16-18)32-3/h6-10,12,16-17H,4-5,11,13-15H2,1-3H3,(H,27,29)/b23-17-. The summed E-state index contributed by atoms with van der Waals surface area (Å²) >= 11 is 0.877. The number of methoxy groups -OCH3 is 1. The number of hydrogen-bond acceptors (Lipinski definition) is 7. The molecule has 1 aliphatic rings. The van der Waals surface area contributed by atoms with Gasteiger partial charge in [-0.25, -0.2) is 0 Å². The number of ether oxygens (including phenoxy) is 3. The van der Waals surface area contributed by atoms with Gasteiger partial charge in [0, 0.05) is 19.5 Å². The van der Waals surface area contributed by atoms with Crippen LogP contribution in [-0.4, -0.2) is 55.4 Å². The second kappa shape index (κ2) is 12.9. The van der Waals surface area contributed by atoms with Gasteiger partial charge in [-0.05, 0) is 67.4 Å². The molecule has 0 aromatic heterocycles. The molecule has 3 amide bonds. The van der Waals surface area contributed by atoms with Gasteiger partial charge in [-0.2, -0.15) is 0 Å². The topological polar surface area (TPSA) is 94.2 Å². The highest BCUT2D eigenvalue weighted by molar-refractivity contribution is 8.18. The minimum Gasteiger partial charge on any atom is -0.494 e. The Bertz CT molecular complexity index is 1100. The number of aryl methyl sites for hydroxylation is 1. The van der Waals surface area contributed by atoms with Crippen molar-refractivity contribution in [3.63, 3.8) is 0 Å². The summed E-state index contributed by atoms with van der Waals surface area (Å²) in [6.07, 6.45) is 2.47. The van der Waals surface area contributed by atoms with Gasteiger partial charge in [-0.1, -0.05) is 24.3 Å². The third kappa shape index (κ3) is 7.02. The molecule has 0 radical (unpaired) electrons. The number of para-hydroxylation sites is 1. The molecule has 9 heteroatoms. The number of carbonyl (C=O) groups excluding carboxylic acids is 3. The summed E-state index contributed by atoms with van der Waals surface area (Å²) in [4.78, 5) is 38.9. The van der Waals surface area contributed by atoms with Gasteiger partial charge in [0.25, 0.3) is 11.1 Å². The van der Waals surface area contributed by atoms with E-state index in [9.17, 15) is 14.4 Å². The Morgan fingerprint density at radius 2 is 1.77 bits per heavy atom. The molecule has 2 aromatic rings. The highest BCUT2D eigenvalue weighted by atomic mass is 32.2. The van der Waals surface area contributed by atoms with Gasteiger partial charge in [-0.3, -0.25) is 19.3 Å². The molecule has 0 saturated carbocycles. The van der Waals surface area contributed by atoms with Gasteiger partial charge < -0.3 is 19.5 Å². The lowest BCUT2D eigenvalue weighted by molar-refractivity contribution is -0.124. The fourth-order valence-corrected chi connectivity index (χ4v) is 4.41. The van der Waals surface area contributed by atoms with Crippen LogP contribution in [0.2, 0.25) is 0 Å². The largest absolute Gasteiger partial charge is 0.494 e. The first-order valence-electron chi connectivity index (χ1n) is 11.5. The molecule has 0 spiro atoms. The molecule has 0 bridgehead atoms. The van der Waals surface area contributed by atoms with Gasteiger partial charge in [0.15, 0.2) is 11.5 Å². The first kappa shape index (κ1) is 26.2. The van der Waals surface area contributed by atoms with Gasteiger partial charge in [0.2, 0.25) is 5.91 Å². The van der Waals surface area contributed by atoms with E-state index in [1.54, 1.807) is 31.4 Å². The number of thioether (sulfide) groups is 1. The second-order valence-electron chi connectivity index (χ2n) is 7.57. The first-order valence-corrected chi connectivity index (χ1v) is 12.3. The molecular formula is C26H30N2O6S. The second-order valence-corrected chi connectivity index (χ2v) is 8.56. The van der Waals surface area contributed by atoms with E-state index in [4.69, 9.17) is 14.2 Å². The Kier molecular flexibility index (Phi) is 9.60. The Labute approximate surface area is 209 Å². The van der Waals surface area contributed by atoms with Gasteiger partial charge in [0.1, 0.15) is 5.75 Å². The van der Waals surface area contributed by atoms with E-state index >= 15 is 0 Å². The van der Waals surface area contributed by atoms with Crippen molar-refractivity contribution in [1.82, 2.24) is 10.2 Å². The van der Waals surface area contributed by atoms with E-state index in [0.717, 1.165) is 33.5 Å². The van der Waals surface area contributed by atoms with Gasteiger partial charge in [-0.15, -0.1) is 0 Å². The van der Waals surface area contributed by atoms with Crippen LogP contribution in [0.5, 0.6) is 17.2 Å². The predicted molar refractivity (Wildman–Crippen MR) is 136 cm³/mol. The maximum Gasteiger partial charge on any atom is 0.293 e. The maximum absolute atomic E-state index is 12.8. The predicted octanol–water partition coefficient (Wildman–Crippen LogP) is 4.28. The summed E-state index contributed by atoms with van der Waals surface area (Å²) in [6, 6.07) is 12.9. The lowest BCUT2D eigenvalue weighted by Gasteiger charge is -2.13. The molecule has 35 heavy (non-hydrogen) atoms. The Morgan fingerprint density at radius 3 is 2.51 bits per heavy atom. The van der Waals surface area contributed by atoms with E-state index in [1.807, 2.05) is 38.1 Å².